The lowest BCUT2D eigenvalue weighted by molar-refractivity contribution is -0.118. The molecule has 27 heavy (non-hydrogen) atoms. The van der Waals surface area contributed by atoms with Crippen molar-refractivity contribution in [3.8, 4) is 11.5 Å². The van der Waals surface area contributed by atoms with Gasteiger partial charge >= 0.3 is 0 Å². The van der Waals surface area contributed by atoms with Gasteiger partial charge in [0.1, 0.15) is 5.69 Å². The van der Waals surface area contributed by atoms with Crippen LogP contribution in [0.2, 0.25) is 0 Å². The van der Waals surface area contributed by atoms with E-state index >= 15 is 0 Å². The highest BCUT2D eigenvalue weighted by Crippen LogP contribution is 2.34. The standard InChI is InChI=1S/C18H20N4O5/c1-21-5-4-14(20-21)18(24)22-6-7-25-10-13(22)9-17(23)19-12-2-3-15-16(8-12)27-11-26-15/h2-5,8,13H,6-7,9-11H2,1H3,(H,19,23). The van der Waals surface area contributed by atoms with Crippen LogP contribution in [-0.2, 0) is 16.6 Å². The highest BCUT2D eigenvalue weighted by Gasteiger charge is 2.31. The Hall–Kier alpha value is -3.07. The van der Waals surface area contributed by atoms with E-state index in [1.54, 1.807) is 47.1 Å². The van der Waals surface area contributed by atoms with Crippen LogP contribution >= 0.6 is 0 Å². The molecule has 1 aromatic heterocycles. The minimum absolute atomic E-state index is 0.132. The number of rotatable bonds is 4. The average Bonchev–Trinajstić information content (AvgIpc) is 3.30. The number of morpholine rings is 1. The number of ether oxygens (including phenoxy) is 3. The molecule has 1 N–H and O–H groups in total. The maximum atomic E-state index is 12.7. The van der Waals surface area contributed by atoms with Crippen LogP contribution in [0.25, 0.3) is 0 Å². The van der Waals surface area contributed by atoms with Gasteiger partial charge in [-0.3, -0.25) is 14.3 Å². The number of hydrogen-bond donors (Lipinski definition) is 1. The van der Waals surface area contributed by atoms with Crippen molar-refractivity contribution in [1.29, 1.82) is 0 Å². The highest BCUT2D eigenvalue weighted by atomic mass is 16.7. The highest BCUT2D eigenvalue weighted by molar-refractivity contribution is 5.94. The lowest BCUT2D eigenvalue weighted by Crippen LogP contribution is -2.50. The monoisotopic (exact) mass is 372 g/mol. The van der Waals surface area contributed by atoms with Crippen molar-refractivity contribution < 1.29 is 23.8 Å². The SMILES string of the molecule is Cn1ccc(C(=O)N2CCOCC2CC(=O)Nc2ccc3c(c2)OCO3)n1. The van der Waals surface area contributed by atoms with Gasteiger partial charge in [0, 0.05) is 38.0 Å². The van der Waals surface area contributed by atoms with Gasteiger partial charge in [-0.2, -0.15) is 5.10 Å². The molecule has 1 saturated heterocycles. The molecule has 0 spiro atoms. The van der Waals surface area contributed by atoms with Crippen LogP contribution < -0.4 is 14.8 Å². The molecular formula is C18H20N4O5. The number of amides is 2. The van der Waals surface area contributed by atoms with E-state index in [1.165, 1.54) is 0 Å². The zero-order chi connectivity index (χ0) is 18.8. The fourth-order valence-electron chi connectivity index (χ4n) is 3.17. The molecule has 142 valence electrons. The van der Waals surface area contributed by atoms with E-state index in [9.17, 15) is 9.59 Å². The molecular weight excluding hydrogens is 352 g/mol. The molecule has 9 nitrogen and oxygen atoms in total. The number of fused-ring (bicyclic) bond motifs is 1. The Bertz CT molecular complexity index is 865. The minimum atomic E-state index is -0.345. The number of nitrogens with one attached hydrogen (secondary N) is 1. The lowest BCUT2D eigenvalue weighted by atomic mass is 10.1. The van der Waals surface area contributed by atoms with Gasteiger partial charge in [0.2, 0.25) is 12.7 Å². The van der Waals surface area contributed by atoms with Crippen molar-refractivity contribution in [3.63, 3.8) is 0 Å². The zero-order valence-electron chi connectivity index (χ0n) is 14.9. The lowest BCUT2D eigenvalue weighted by Gasteiger charge is -2.34. The van der Waals surface area contributed by atoms with E-state index in [1.807, 2.05) is 0 Å². The normalized spacial score (nSPS) is 18.4. The minimum Gasteiger partial charge on any atom is -0.454 e. The van der Waals surface area contributed by atoms with Gasteiger partial charge in [-0.1, -0.05) is 0 Å². The van der Waals surface area contributed by atoms with E-state index in [0.717, 1.165) is 0 Å². The Morgan fingerprint density at radius 3 is 2.93 bits per heavy atom. The molecule has 1 aromatic carbocycles. The smallest absolute Gasteiger partial charge is 0.274 e. The number of benzene rings is 1. The molecule has 1 unspecified atom stereocenters. The summed E-state index contributed by atoms with van der Waals surface area (Å²) < 4.78 is 17.6. The Kier molecular flexibility index (Phi) is 4.68. The van der Waals surface area contributed by atoms with E-state index in [-0.39, 0.29) is 31.1 Å². The van der Waals surface area contributed by atoms with Crippen LogP contribution in [0, 0.1) is 0 Å². The van der Waals surface area contributed by atoms with Crippen LogP contribution in [0.15, 0.2) is 30.5 Å². The fraction of sp³-hybridized carbons (Fsp3) is 0.389. The van der Waals surface area contributed by atoms with Crippen LogP contribution in [0.1, 0.15) is 16.9 Å². The van der Waals surface area contributed by atoms with Crippen LogP contribution in [0.3, 0.4) is 0 Å². The molecule has 2 aromatic rings. The number of aryl methyl sites for hydroxylation is 1. The van der Waals surface area contributed by atoms with E-state index < -0.39 is 0 Å². The summed E-state index contributed by atoms with van der Waals surface area (Å²) in [7, 11) is 1.76. The van der Waals surface area contributed by atoms with Crippen molar-refractivity contribution >= 4 is 17.5 Å². The summed E-state index contributed by atoms with van der Waals surface area (Å²) in [6.45, 7) is 1.36. The average molecular weight is 372 g/mol. The van der Waals surface area contributed by atoms with E-state index in [2.05, 4.69) is 10.4 Å². The molecule has 0 saturated carbocycles. The number of nitrogens with zero attached hydrogens (tertiary/aromatic N) is 3. The molecule has 1 fully saturated rings. The Labute approximate surface area is 155 Å². The maximum Gasteiger partial charge on any atom is 0.274 e. The first-order valence-electron chi connectivity index (χ1n) is 8.68. The second kappa shape index (κ2) is 7.28. The van der Waals surface area contributed by atoms with Crippen LogP contribution in [0.5, 0.6) is 11.5 Å². The summed E-state index contributed by atoms with van der Waals surface area (Å²) in [5, 5.41) is 6.99. The fourth-order valence-corrected chi connectivity index (χ4v) is 3.17. The Morgan fingerprint density at radius 2 is 2.11 bits per heavy atom. The predicted octanol–water partition coefficient (Wildman–Crippen LogP) is 1.02. The molecule has 0 radical (unpaired) electrons. The van der Waals surface area contributed by atoms with Gasteiger partial charge in [-0.15, -0.1) is 0 Å². The molecule has 2 aliphatic rings. The van der Waals surface area contributed by atoms with Gasteiger partial charge in [0.05, 0.1) is 19.3 Å². The van der Waals surface area contributed by atoms with E-state index in [4.69, 9.17) is 14.2 Å². The number of carbonyl (C=O) groups is 2. The zero-order valence-corrected chi connectivity index (χ0v) is 14.9. The first kappa shape index (κ1) is 17.3. The number of anilines is 1. The second-order valence-corrected chi connectivity index (χ2v) is 6.42. The second-order valence-electron chi connectivity index (χ2n) is 6.42. The predicted molar refractivity (Wildman–Crippen MR) is 94.7 cm³/mol. The van der Waals surface area contributed by atoms with Gasteiger partial charge < -0.3 is 24.4 Å². The van der Waals surface area contributed by atoms with Crippen molar-refractivity contribution in [2.24, 2.45) is 7.05 Å². The van der Waals surface area contributed by atoms with Crippen molar-refractivity contribution in [2.75, 3.05) is 31.9 Å². The van der Waals surface area contributed by atoms with Gasteiger partial charge in [-0.25, -0.2) is 0 Å². The summed E-state index contributed by atoms with van der Waals surface area (Å²) >= 11 is 0. The summed E-state index contributed by atoms with van der Waals surface area (Å²) in [4.78, 5) is 26.9. The molecule has 2 amide bonds. The Balaban J connectivity index is 1.41. The largest absolute Gasteiger partial charge is 0.454 e. The summed E-state index contributed by atoms with van der Waals surface area (Å²) in [5.41, 5.74) is 0.976. The van der Waals surface area contributed by atoms with E-state index in [0.29, 0.717) is 42.6 Å². The van der Waals surface area contributed by atoms with Crippen LogP contribution in [-0.4, -0.2) is 59.1 Å². The molecule has 3 heterocycles. The van der Waals surface area contributed by atoms with Crippen molar-refractivity contribution in [2.45, 2.75) is 12.5 Å². The number of aromatic nitrogens is 2. The third-order valence-electron chi connectivity index (χ3n) is 4.50. The molecule has 4 rings (SSSR count). The third kappa shape index (κ3) is 3.72. The molecule has 2 aliphatic heterocycles. The number of carbonyl (C=O) groups excluding carboxylic acids is 2. The third-order valence-corrected chi connectivity index (χ3v) is 4.50. The van der Waals surface area contributed by atoms with Gasteiger partial charge in [0.25, 0.3) is 5.91 Å². The first-order valence-corrected chi connectivity index (χ1v) is 8.68. The number of hydrogen-bond acceptors (Lipinski definition) is 6. The quantitative estimate of drug-likeness (QED) is 0.861. The van der Waals surface area contributed by atoms with Crippen LogP contribution in [0.4, 0.5) is 5.69 Å². The Morgan fingerprint density at radius 1 is 1.26 bits per heavy atom. The summed E-state index contributed by atoms with van der Waals surface area (Å²) in [6, 6.07) is 6.54. The maximum absolute atomic E-state index is 12.7. The first-order chi connectivity index (χ1) is 13.1. The summed E-state index contributed by atoms with van der Waals surface area (Å²) in [5.74, 6) is 0.851. The molecule has 0 aliphatic carbocycles. The van der Waals surface area contributed by atoms with Gasteiger partial charge in [0.15, 0.2) is 11.5 Å². The topological polar surface area (TPSA) is 94.9 Å². The molecule has 1 atom stereocenters. The van der Waals surface area contributed by atoms with Gasteiger partial charge in [-0.05, 0) is 18.2 Å². The van der Waals surface area contributed by atoms with Crippen molar-refractivity contribution in [1.82, 2.24) is 14.7 Å². The molecule has 9 heteroatoms. The molecule has 0 bridgehead atoms. The van der Waals surface area contributed by atoms with Crippen molar-refractivity contribution in [3.05, 3.63) is 36.2 Å². The summed E-state index contributed by atoms with van der Waals surface area (Å²) in [6.07, 6.45) is 1.85.